The first-order valence-electron chi connectivity index (χ1n) is 14.5. The van der Waals surface area contributed by atoms with Crippen LogP contribution in [0.2, 0.25) is 0 Å². The molecular weight excluding hydrogens is 705 g/mol. The number of ketones is 2. The topological polar surface area (TPSA) is 55.8 Å². The van der Waals surface area contributed by atoms with Crippen molar-refractivity contribution in [1.29, 1.82) is 0 Å². The van der Waals surface area contributed by atoms with Crippen LogP contribution < -0.4 is 9.47 Å². The fraction of sp³-hybridized carbons (Fsp3) is 0.314. The minimum absolute atomic E-state index is 0.153. The second-order valence-corrected chi connectivity index (χ2v) is 13.1. The minimum atomic E-state index is -0.383. The Hall–Kier alpha value is -2.91. The van der Waals surface area contributed by atoms with E-state index in [2.05, 4.69) is 73.8 Å². The molecule has 1 heterocycles. The number of rotatable bonds is 8. The SMILES string of the molecule is COc1cc(C2C3=C(CCCC3=O)N(CCc3ccccc3)C3=C2C(=O)CCC3)cc(I)c1OCc1ccc(Br)cc1. The standard InChI is InChI=1S/C35H33BrINO4/c1-41-31-20-24(19-26(37)35(31)42-21-23-13-15-25(36)16-14-23)32-33-27(9-5-11-29(33)39)38(18-17-22-7-3-2-4-8-22)28-10-6-12-30(40)34(28)32/h2-4,7-8,13-16,19-20,32H,5-6,9-12,17-18,21H2,1H3. The zero-order chi connectivity index (χ0) is 29.2. The summed E-state index contributed by atoms with van der Waals surface area (Å²) in [4.78, 5) is 29.8. The average molecular weight is 738 g/mol. The predicted molar refractivity (Wildman–Crippen MR) is 176 cm³/mol. The highest BCUT2D eigenvalue weighted by Gasteiger charge is 2.43. The van der Waals surface area contributed by atoms with Crippen LogP contribution in [0.3, 0.4) is 0 Å². The fourth-order valence-electron chi connectivity index (χ4n) is 6.49. The van der Waals surface area contributed by atoms with E-state index in [1.807, 2.05) is 36.4 Å². The lowest BCUT2D eigenvalue weighted by molar-refractivity contribution is -0.117. The van der Waals surface area contributed by atoms with Crippen LogP contribution in [0.5, 0.6) is 11.5 Å². The molecule has 0 spiro atoms. The molecule has 0 amide bonds. The highest BCUT2D eigenvalue weighted by molar-refractivity contribution is 14.1. The van der Waals surface area contributed by atoms with Crippen molar-refractivity contribution in [3.8, 4) is 11.5 Å². The van der Waals surface area contributed by atoms with Crippen LogP contribution in [0, 0.1) is 3.57 Å². The molecule has 7 heteroatoms. The second-order valence-electron chi connectivity index (χ2n) is 11.0. The molecular formula is C35H33BrINO4. The lowest BCUT2D eigenvalue weighted by Gasteiger charge is -2.44. The lowest BCUT2D eigenvalue weighted by Crippen LogP contribution is -2.40. The molecule has 3 aromatic rings. The van der Waals surface area contributed by atoms with E-state index in [0.717, 1.165) is 80.4 Å². The van der Waals surface area contributed by atoms with Crippen LogP contribution in [-0.2, 0) is 22.6 Å². The van der Waals surface area contributed by atoms with Crippen molar-refractivity contribution in [2.45, 2.75) is 57.5 Å². The van der Waals surface area contributed by atoms with E-state index in [1.54, 1.807) is 7.11 Å². The number of benzene rings is 3. The van der Waals surface area contributed by atoms with E-state index in [0.29, 0.717) is 30.9 Å². The van der Waals surface area contributed by atoms with E-state index < -0.39 is 0 Å². The first-order valence-corrected chi connectivity index (χ1v) is 16.4. The van der Waals surface area contributed by atoms with Gasteiger partial charge in [0, 0.05) is 52.3 Å². The van der Waals surface area contributed by atoms with Gasteiger partial charge in [-0.05, 0) is 95.7 Å². The van der Waals surface area contributed by atoms with Gasteiger partial charge in [-0.2, -0.15) is 0 Å². The Balaban J connectivity index is 1.40. The summed E-state index contributed by atoms with van der Waals surface area (Å²) in [5.74, 6) is 1.20. The minimum Gasteiger partial charge on any atom is -0.493 e. The summed E-state index contributed by atoms with van der Waals surface area (Å²) in [6, 6.07) is 22.5. The Morgan fingerprint density at radius 2 is 1.50 bits per heavy atom. The fourth-order valence-corrected chi connectivity index (χ4v) is 7.53. The lowest BCUT2D eigenvalue weighted by atomic mass is 9.71. The highest BCUT2D eigenvalue weighted by Crippen LogP contribution is 2.50. The van der Waals surface area contributed by atoms with Gasteiger partial charge in [0.15, 0.2) is 23.1 Å². The Kier molecular flexibility index (Phi) is 8.86. The molecule has 5 nitrogen and oxygen atoms in total. The van der Waals surface area contributed by atoms with Gasteiger partial charge in [-0.3, -0.25) is 9.59 Å². The van der Waals surface area contributed by atoms with Crippen molar-refractivity contribution >= 4 is 50.1 Å². The normalized spacial score (nSPS) is 17.4. The molecule has 216 valence electrons. The van der Waals surface area contributed by atoms with Gasteiger partial charge >= 0.3 is 0 Å². The van der Waals surface area contributed by atoms with Crippen molar-refractivity contribution in [2.75, 3.05) is 13.7 Å². The molecule has 0 aromatic heterocycles. The summed E-state index contributed by atoms with van der Waals surface area (Å²) in [5.41, 5.74) is 7.02. The van der Waals surface area contributed by atoms with Crippen LogP contribution in [0.1, 0.15) is 61.1 Å². The number of allylic oxidation sites excluding steroid dienone is 4. The smallest absolute Gasteiger partial charge is 0.174 e. The molecule has 0 radical (unpaired) electrons. The third kappa shape index (κ3) is 5.82. The molecule has 6 rings (SSSR count). The number of methoxy groups -OCH3 is 1. The zero-order valence-electron chi connectivity index (χ0n) is 23.6. The molecule has 0 unspecified atom stereocenters. The summed E-state index contributed by atoms with van der Waals surface area (Å²) < 4.78 is 14.0. The summed E-state index contributed by atoms with van der Waals surface area (Å²) in [5, 5.41) is 0. The van der Waals surface area contributed by atoms with Gasteiger partial charge in [-0.15, -0.1) is 0 Å². The van der Waals surface area contributed by atoms with E-state index in [1.165, 1.54) is 5.56 Å². The number of halogens is 2. The Bertz CT molecular complexity index is 1530. The van der Waals surface area contributed by atoms with Gasteiger partial charge in [0.25, 0.3) is 0 Å². The van der Waals surface area contributed by atoms with Crippen LogP contribution in [0.15, 0.2) is 93.7 Å². The third-order valence-corrected chi connectivity index (χ3v) is 9.76. The van der Waals surface area contributed by atoms with Gasteiger partial charge in [-0.1, -0.05) is 58.4 Å². The summed E-state index contributed by atoms with van der Waals surface area (Å²) in [7, 11) is 1.64. The Morgan fingerprint density at radius 1 is 0.857 bits per heavy atom. The van der Waals surface area contributed by atoms with E-state index in [9.17, 15) is 9.59 Å². The molecule has 1 aliphatic heterocycles. The molecule has 0 saturated heterocycles. The average Bonchev–Trinajstić information content (AvgIpc) is 3.00. The molecule has 0 N–H and O–H groups in total. The van der Waals surface area contributed by atoms with Crippen LogP contribution >= 0.6 is 38.5 Å². The largest absolute Gasteiger partial charge is 0.493 e. The quantitative estimate of drug-likeness (QED) is 0.218. The van der Waals surface area contributed by atoms with Gasteiger partial charge in [-0.25, -0.2) is 0 Å². The maximum absolute atomic E-state index is 13.7. The van der Waals surface area contributed by atoms with Crippen LogP contribution in [0.4, 0.5) is 0 Å². The summed E-state index contributed by atoms with van der Waals surface area (Å²) >= 11 is 5.77. The summed E-state index contributed by atoms with van der Waals surface area (Å²) in [6.07, 6.45) is 5.26. The molecule has 0 atom stereocenters. The van der Waals surface area contributed by atoms with Crippen molar-refractivity contribution in [3.05, 3.63) is 114 Å². The Morgan fingerprint density at radius 3 is 2.12 bits per heavy atom. The van der Waals surface area contributed by atoms with Crippen LogP contribution in [-0.4, -0.2) is 30.1 Å². The molecule has 42 heavy (non-hydrogen) atoms. The van der Waals surface area contributed by atoms with Gasteiger partial charge < -0.3 is 14.4 Å². The van der Waals surface area contributed by atoms with Crippen molar-refractivity contribution in [3.63, 3.8) is 0 Å². The molecule has 0 saturated carbocycles. The molecule has 0 fully saturated rings. The second kappa shape index (κ2) is 12.8. The number of hydrogen-bond donors (Lipinski definition) is 0. The molecule has 2 aliphatic carbocycles. The first kappa shape index (κ1) is 29.2. The first-order chi connectivity index (χ1) is 20.4. The highest BCUT2D eigenvalue weighted by atomic mass is 127. The maximum atomic E-state index is 13.7. The molecule has 3 aromatic carbocycles. The van der Waals surface area contributed by atoms with Crippen molar-refractivity contribution < 1.29 is 19.1 Å². The van der Waals surface area contributed by atoms with Gasteiger partial charge in [0.05, 0.1) is 10.7 Å². The Labute approximate surface area is 269 Å². The predicted octanol–water partition coefficient (Wildman–Crippen LogP) is 8.30. The van der Waals surface area contributed by atoms with Crippen LogP contribution in [0.25, 0.3) is 0 Å². The van der Waals surface area contributed by atoms with E-state index in [4.69, 9.17) is 9.47 Å². The number of carbonyl (C=O) groups excluding carboxylic acids is 2. The number of Topliss-reactive ketones (excluding diaryl/α,β-unsaturated/α-hetero) is 2. The summed E-state index contributed by atoms with van der Waals surface area (Å²) in [6.45, 7) is 1.17. The van der Waals surface area contributed by atoms with Crippen molar-refractivity contribution in [2.24, 2.45) is 0 Å². The zero-order valence-corrected chi connectivity index (χ0v) is 27.4. The van der Waals surface area contributed by atoms with Gasteiger partial charge in [0.2, 0.25) is 0 Å². The monoisotopic (exact) mass is 737 g/mol. The van der Waals surface area contributed by atoms with Gasteiger partial charge in [0.1, 0.15) is 6.61 Å². The maximum Gasteiger partial charge on any atom is 0.174 e. The van der Waals surface area contributed by atoms with E-state index in [-0.39, 0.29) is 17.5 Å². The number of carbonyl (C=O) groups is 2. The molecule has 0 bridgehead atoms. The number of hydrogen-bond acceptors (Lipinski definition) is 5. The number of ether oxygens (including phenoxy) is 2. The van der Waals surface area contributed by atoms with E-state index >= 15 is 0 Å². The molecule has 3 aliphatic rings. The number of nitrogens with zero attached hydrogens (tertiary/aromatic N) is 1. The van der Waals surface area contributed by atoms with Crippen molar-refractivity contribution in [1.82, 2.24) is 4.90 Å². The third-order valence-electron chi connectivity index (χ3n) is 8.43.